The Morgan fingerprint density at radius 3 is 2.62 bits per heavy atom. The first-order valence-electron chi connectivity index (χ1n) is 9.48. The third kappa shape index (κ3) is 5.32. The maximum Gasteiger partial charge on any atom is 0.0991 e. The summed E-state index contributed by atoms with van der Waals surface area (Å²) in [5.41, 5.74) is 4.59. The van der Waals surface area contributed by atoms with E-state index in [0.29, 0.717) is 0 Å². The number of anilines is 1. The van der Waals surface area contributed by atoms with Crippen LogP contribution >= 0.6 is 0 Å². The molecule has 26 heavy (non-hydrogen) atoms. The molecule has 0 aliphatic carbocycles. The van der Waals surface area contributed by atoms with Gasteiger partial charge in [-0.3, -0.25) is 4.90 Å². The predicted molar refractivity (Wildman–Crippen MR) is 107 cm³/mol. The Morgan fingerprint density at radius 1 is 1.04 bits per heavy atom. The molecule has 1 aliphatic heterocycles. The van der Waals surface area contributed by atoms with Gasteiger partial charge in [0.05, 0.1) is 11.6 Å². The Balaban J connectivity index is 1.32. The van der Waals surface area contributed by atoms with Gasteiger partial charge >= 0.3 is 0 Å². The highest BCUT2D eigenvalue weighted by molar-refractivity contribution is 5.48. The number of nitrogens with zero attached hydrogens (tertiary/aromatic N) is 3. The Kier molecular flexibility index (Phi) is 6.65. The van der Waals surface area contributed by atoms with Crippen molar-refractivity contribution in [3.63, 3.8) is 0 Å². The van der Waals surface area contributed by atoms with E-state index in [-0.39, 0.29) is 0 Å². The lowest BCUT2D eigenvalue weighted by molar-refractivity contribution is 0.254. The summed E-state index contributed by atoms with van der Waals surface area (Å²) >= 11 is 0. The zero-order chi connectivity index (χ0) is 18.2. The van der Waals surface area contributed by atoms with Crippen LogP contribution in [0, 0.1) is 18.3 Å². The van der Waals surface area contributed by atoms with Crippen molar-refractivity contribution in [2.24, 2.45) is 0 Å². The molecule has 136 valence electrons. The summed E-state index contributed by atoms with van der Waals surface area (Å²) in [6.45, 7) is 9.63. The molecular formula is C22H28N4. The lowest BCUT2D eigenvalue weighted by Crippen LogP contribution is -2.47. The van der Waals surface area contributed by atoms with Crippen molar-refractivity contribution < 1.29 is 0 Å². The average molecular weight is 348 g/mol. The van der Waals surface area contributed by atoms with Crippen molar-refractivity contribution >= 4 is 5.69 Å². The molecule has 2 aromatic carbocycles. The van der Waals surface area contributed by atoms with Crippen LogP contribution in [0.15, 0.2) is 48.5 Å². The number of piperazine rings is 1. The van der Waals surface area contributed by atoms with E-state index in [4.69, 9.17) is 5.26 Å². The van der Waals surface area contributed by atoms with Gasteiger partial charge in [0.2, 0.25) is 0 Å². The third-order valence-corrected chi connectivity index (χ3v) is 4.95. The zero-order valence-corrected chi connectivity index (χ0v) is 15.6. The van der Waals surface area contributed by atoms with Crippen LogP contribution in [0.3, 0.4) is 0 Å². The second-order valence-electron chi connectivity index (χ2n) is 7.01. The fraction of sp³-hybridized carbons (Fsp3) is 0.409. The summed E-state index contributed by atoms with van der Waals surface area (Å²) in [4.78, 5) is 5.05. The number of rotatable bonds is 7. The van der Waals surface area contributed by atoms with Gasteiger partial charge in [-0.05, 0) is 61.8 Å². The molecule has 3 rings (SSSR count). The summed E-state index contributed by atoms with van der Waals surface area (Å²) in [6.07, 6.45) is 1.16. The lowest BCUT2D eigenvalue weighted by Gasteiger charge is -2.36. The summed E-state index contributed by atoms with van der Waals surface area (Å²) in [6, 6.07) is 18.8. The first kappa shape index (κ1) is 18.4. The van der Waals surface area contributed by atoms with E-state index in [1.807, 2.05) is 18.2 Å². The Morgan fingerprint density at radius 2 is 1.85 bits per heavy atom. The molecule has 0 atom stereocenters. The SMILES string of the molecule is Cc1cccc(N2CCN(CCCNCc3cccc(C#N)c3)CC2)c1. The van der Waals surface area contributed by atoms with Crippen LogP contribution < -0.4 is 10.2 Å². The molecule has 4 nitrogen and oxygen atoms in total. The zero-order valence-electron chi connectivity index (χ0n) is 15.6. The highest BCUT2D eigenvalue weighted by Crippen LogP contribution is 2.17. The molecule has 0 bridgehead atoms. The third-order valence-electron chi connectivity index (χ3n) is 4.95. The highest BCUT2D eigenvalue weighted by atomic mass is 15.3. The number of benzene rings is 2. The molecule has 1 saturated heterocycles. The van der Waals surface area contributed by atoms with E-state index in [0.717, 1.165) is 57.8 Å². The molecule has 2 aromatic rings. The van der Waals surface area contributed by atoms with Gasteiger partial charge in [0.25, 0.3) is 0 Å². The quantitative estimate of drug-likeness (QED) is 0.781. The van der Waals surface area contributed by atoms with Gasteiger partial charge in [-0.2, -0.15) is 5.26 Å². The molecule has 4 heteroatoms. The van der Waals surface area contributed by atoms with Crippen molar-refractivity contribution in [1.29, 1.82) is 5.26 Å². The van der Waals surface area contributed by atoms with E-state index in [9.17, 15) is 0 Å². The summed E-state index contributed by atoms with van der Waals surface area (Å²) in [7, 11) is 0. The van der Waals surface area contributed by atoms with Crippen LogP contribution in [-0.4, -0.2) is 44.2 Å². The van der Waals surface area contributed by atoms with Crippen molar-refractivity contribution in [2.75, 3.05) is 44.2 Å². The van der Waals surface area contributed by atoms with Crippen LogP contribution in [0.25, 0.3) is 0 Å². The molecule has 0 spiro atoms. The highest BCUT2D eigenvalue weighted by Gasteiger charge is 2.16. The normalized spacial score (nSPS) is 15.0. The summed E-state index contributed by atoms with van der Waals surface area (Å²) < 4.78 is 0. The summed E-state index contributed by atoms with van der Waals surface area (Å²) in [5.74, 6) is 0. The van der Waals surface area contributed by atoms with Crippen LogP contribution in [0.1, 0.15) is 23.1 Å². The largest absolute Gasteiger partial charge is 0.369 e. The molecule has 1 N–H and O–H groups in total. The van der Waals surface area contributed by atoms with Gasteiger partial charge in [-0.25, -0.2) is 0 Å². The van der Waals surface area contributed by atoms with Gasteiger partial charge in [-0.15, -0.1) is 0 Å². The molecular weight excluding hydrogens is 320 g/mol. The molecule has 0 aromatic heterocycles. The molecule has 0 unspecified atom stereocenters. The number of nitriles is 1. The number of hydrogen-bond donors (Lipinski definition) is 1. The van der Waals surface area contributed by atoms with Crippen LogP contribution in [0.5, 0.6) is 0 Å². The van der Waals surface area contributed by atoms with Crippen molar-refractivity contribution in [3.8, 4) is 6.07 Å². The molecule has 0 saturated carbocycles. The minimum absolute atomic E-state index is 0.732. The molecule has 1 aliphatic rings. The molecule has 0 radical (unpaired) electrons. The molecule has 1 fully saturated rings. The van der Waals surface area contributed by atoms with E-state index in [2.05, 4.69) is 58.4 Å². The van der Waals surface area contributed by atoms with E-state index >= 15 is 0 Å². The minimum Gasteiger partial charge on any atom is -0.369 e. The minimum atomic E-state index is 0.732. The monoisotopic (exact) mass is 348 g/mol. The maximum atomic E-state index is 8.94. The maximum absolute atomic E-state index is 8.94. The first-order chi connectivity index (χ1) is 12.7. The van der Waals surface area contributed by atoms with Gasteiger partial charge in [0, 0.05) is 38.4 Å². The number of nitrogens with one attached hydrogen (secondary N) is 1. The van der Waals surface area contributed by atoms with Crippen molar-refractivity contribution in [2.45, 2.75) is 19.9 Å². The van der Waals surface area contributed by atoms with E-state index in [1.165, 1.54) is 16.8 Å². The Bertz CT molecular complexity index is 742. The van der Waals surface area contributed by atoms with Crippen LogP contribution in [0.2, 0.25) is 0 Å². The van der Waals surface area contributed by atoms with Gasteiger partial charge in [-0.1, -0.05) is 24.3 Å². The van der Waals surface area contributed by atoms with Gasteiger partial charge in [0.15, 0.2) is 0 Å². The van der Waals surface area contributed by atoms with Crippen molar-refractivity contribution in [3.05, 3.63) is 65.2 Å². The second-order valence-corrected chi connectivity index (χ2v) is 7.01. The number of hydrogen-bond acceptors (Lipinski definition) is 4. The smallest absolute Gasteiger partial charge is 0.0991 e. The average Bonchev–Trinajstić information content (AvgIpc) is 2.68. The fourth-order valence-corrected chi connectivity index (χ4v) is 3.47. The van der Waals surface area contributed by atoms with Crippen LogP contribution in [-0.2, 0) is 6.54 Å². The summed E-state index contributed by atoms with van der Waals surface area (Å²) in [5, 5.41) is 12.4. The molecule has 1 heterocycles. The fourth-order valence-electron chi connectivity index (χ4n) is 3.47. The first-order valence-corrected chi connectivity index (χ1v) is 9.48. The van der Waals surface area contributed by atoms with E-state index < -0.39 is 0 Å². The standard InChI is InChI=1S/C22H28N4/c1-19-5-2-8-22(15-19)26-13-11-25(12-14-26)10-4-9-24-18-21-7-3-6-20(16-21)17-23/h2-3,5-8,15-16,24H,4,9-14,18H2,1H3. The predicted octanol–water partition coefficient (Wildman–Crippen LogP) is 3.17. The Labute approximate surface area is 157 Å². The second kappa shape index (κ2) is 9.38. The van der Waals surface area contributed by atoms with Gasteiger partial charge in [0.1, 0.15) is 0 Å². The van der Waals surface area contributed by atoms with E-state index in [1.54, 1.807) is 0 Å². The van der Waals surface area contributed by atoms with Crippen molar-refractivity contribution in [1.82, 2.24) is 10.2 Å². The topological polar surface area (TPSA) is 42.3 Å². The van der Waals surface area contributed by atoms with Gasteiger partial charge < -0.3 is 10.2 Å². The van der Waals surface area contributed by atoms with Crippen LogP contribution in [0.4, 0.5) is 5.69 Å². The lowest BCUT2D eigenvalue weighted by atomic mass is 10.1. The molecule has 0 amide bonds. The Hall–Kier alpha value is -2.35. The number of aryl methyl sites for hydroxylation is 1.